The average molecular weight is 563 g/mol. The first-order chi connectivity index (χ1) is 17.9. The highest BCUT2D eigenvalue weighted by Gasteiger charge is 2.66. The van der Waals surface area contributed by atoms with Crippen LogP contribution in [0.25, 0.3) is 0 Å². The molecule has 0 aromatic heterocycles. The van der Waals surface area contributed by atoms with Crippen molar-refractivity contribution in [3.63, 3.8) is 0 Å². The molecule has 1 saturated carbocycles. The number of nitrogens with one attached hydrogen (secondary N) is 3. The lowest BCUT2D eigenvalue weighted by Gasteiger charge is -2.38. The van der Waals surface area contributed by atoms with E-state index < -0.39 is 29.2 Å². The molecule has 1 aliphatic carbocycles. The van der Waals surface area contributed by atoms with Crippen LogP contribution in [0.15, 0.2) is 36.4 Å². The lowest BCUT2D eigenvalue weighted by atomic mass is 9.62. The van der Waals surface area contributed by atoms with Crippen molar-refractivity contribution in [2.45, 2.75) is 88.4 Å². The Kier molecular flexibility index (Phi) is 7.27. The summed E-state index contributed by atoms with van der Waals surface area (Å²) in [5.41, 5.74) is -0.00278. The quantitative estimate of drug-likeness (QED) is 0.407. The molecule has 5 rings (SSSR count). The van der Waals surface area contributed by atoms with Gasteiger partial charge in [-0.1, -0.05) is 62.2 Å². The molecule has 2 amide bonds. The number of halogens is 3. The number of hydrogen-bond donors (Lipinski definition) is 4. The van der Waals surface area contributed by atoms with Crippen molar-refractivity contribution in [1.82, 2.24) is 10.6 Å². The van der Waals surface area contributed by atoms with Gasteiger partial charge in [0.25, 0.3) is 0 Å². The zero-order chi connectivity index (χ0) is 27.4. The third kappa shape index (κ3) is 4.72. The second-order valence-electron chi connectivity index (χ2n) is 12.1. The van der Waals surface area contributed by atoms with E-state index in [1.54, 1.807) is 24.3 Å². The molecular formula is C29H34Cl2FN3O3. The van der Waals surface area contributed by atoms with Crippen LogP contribution in [-0.2, 0) is 15.0 Å². The van der Waals surface area contributed by atoms with E-state index in [0.29, 0.717) is 48.4 Å². The zero-order valence-corrected chi connectivity index (χ0v) is 23.3. The van der Waals surface area contributed by atoms with Crippen molar-refractivity contribution >= 4 is 40.7 Å². The molecule has 2 aromatic carbocycles. The Morgan fingerprint density at radius 2 is 1.87 bits per heavy atom. The standard InChI is InChI=1S/C29H34Cl2FN3O3/c1-28(2,3)14-22-29(19-12-7-15(30)13-21(19)34-27(29)38)23(18-5-4-6-20(31)24(18)32)25(35-22)26(37)33-16-8-10-17(36)11-9-16/h4-7,12-13,16-17,22-23,25,35-36H,8-11,14H2,1-3H3,(H,33,37)(H,34,38)/t16-,17-,22-,23+,25-,29+/m1/s1. The smallest absolute Gasteiger partial charge is 0.238 e. The Hall–Kier alpha value is -2.19. The van der Waals surface area contributed by atoms with Gasteiger partial charge in [-0.05, 0) is 66.8 Å². The first-order valence-electron chi connectivity index (χ1n) is 13.2. The van der Waals surface area contributed by atoms with Crippen LogP contribution in [0.1, 0.15) is 69.9 Å². The van der Waals surface area contributed by atoms with Gasteiger partial charge in [-0.3, -0.25) is 9.59 Å². The highest BCUT2D eigenvalue weighted by Crippen LogP contribution is 2.57. The van der Waals surface area contributed by atoms with Gasteiger partial charge in [0, 0.05) is 28.7 Å². The van der Waals surface area contributed by atoms with Gasteiger partial charge in [-0.25, -0.2) is 4.39 Å². The highest BCUT2D eigenvalue weighted by molar-refractivity contribution is 6.31. The molecule has 38 heavy (non-hydrogen) atoms. The monoisotopic (exact) mass is 561 g/mol. The van der Waals surface area contributed by atoms with E-state index in [-0.39, 0.29) is 40.0 Å². The first-order valence-corrected chi connectivity index (χ1v) is 14.0. The SMILES string of the molecule is CC(C)(C)C[C@H]1N[C@@H](C(=O)N[C@H]2CC[C@H](O)CC2)[C@H](c2cccc(Cl)c2F)[C@@]12C(=O)Nc1cc(Cl)ccc12. The average Bonchev–Trinajstić information content (AvgIpc) is 3.31. The highest BCUT2D eigenvalue weighted by atomic mass is 35.5. The van der Waals surface area contributed by atoms with Gasteiger partial charge in [0.15, 0.2) is 0 Å². The summed E-state index contributed by atoms with van der Waals surface area (Å²) in [5.74, 6) is -2.09. The van der Waals surface area contributed by atoms with Crippen LogP contribution >= 0.6 is 23.2 Å². The minimum atomic E-state index is -1.27. The van der Waals surface area contributed by atoms with Crippen molar-refractivity contribution in [3.8, 4) is 0 Å². The Morgan fingerprint density at radius 1 is 1.16 bits per heavy atom. The lowest BCUT2D eigenvalue weighted by molar-refractivity contribution is -0.124. The number of benzene rings is 2. The zero-order valence-electron chi connectivity index (χ0n) is 21.8. The second kappa shape index (κ2) is 10.1. The van der Waals surface area contributed by atoms with E-state index in [9.17, 15) is 14.7 Å². The Bertz CT molecular complexity index is 1260. The van der Waals surface area contributed by atoms with Crippen LogP contribution in [0.4, 0.5) is 10.1 Å². The van der Waals surface area contributed by atoms with Crippen molar-refractivity contribution < 1.29 is 19.1 Å². The molecule has 0 unspecified atom stereocenters. The van der Waals surface area contributed by atoms with E-state index in [2.05, 4.69) is 36.7 Å². The molecule has 1 saturated heterocycles. The number of aliphatic hydroxyl groups is 1. The molecule has 4 N–H and O–H groups in total. The number of hydrogen-bond acceptors (Lipinski definition) is 4. The fourth-order valence-electron chi connectivity index (χ4n) is 6.66. The van der Waals surface area contributed by atoms with Crippen LogP contribution in [0, 0.1) is 11.2 Å². The number of fused-ring (bicyclic) bond motifs is 2. The largest absolute Gasteiger partial charge is 0.393 e. The predicted molar refractivity (Wildman–Crippen MR) is 147 cm³/mol. The summed E-state index contributed by atoms with van der Waals surface area (Å²) in [5, 5.41) is 19.9. The maximum Gasteiger partial charge on any atom is 0.238 e. The predicted octanol–water partition coefficient (Wildman–Crippen LogP) is 5.30. The molecule has 0 radical (unpaired) electrons. The van der Waals surface area contributed by atoms with E-state index in [0.717, 1.165) is 0 Å². The summed E-state index contributed by atoms with van der Waals surface area (Å²) in [6, 6.07) is 8.50. The Balaban J connectivity index is 1.67. The van der Waals surface area contributed by atoms with Crippen LogP contribution in [0.2, 0.25) is 10.0 Å². The first kappa shape index (κ1) is 27.4. The number of carbonyl (C=O) groups is 2. The van der Waals surface area contributed by atoms with Gasteiger partial charge in [-0.2, -0.15) is 0 Å². The lowest BCUT2D eigenvalue weighted by Crippen LogP contribution is -2.50. The molecule has 9 heteroatoms. The molecule has 1 spiro atoms. The summed E-state index contributed by atoms with van der Waals surface area (Å²) in [4.78, 5) is 28.1. The molecule has 3 aliphatic rings. The summed E-state index contributed by atoms with van der Waals surface area (Å²) in [6.45, 7) is 6.23. The molecule has 2 fully saturated rings. The van der Waals surface area contributed by atoms with Crippen molar-refractivity contribution in [1.29, 1.82) is 0 Å². The van der Waals surface area contributed by atoms with E-state index in [4.69, 9.17) is 23.2 Å². The van der Waals surface area contributed by atoms with Gasteiger partial charge in [0.05, 0.1) is 17.2 Å². The van der Waals surface area contributed by atoms with Crippen molar-refractivity contribution in [3.05, 3.63) is 63.4 Å². The molecule has 204 valence electrons. The maximum absolute atomic E-state index is 15.8. The summed E-state index contributed by atoms with van der Waals surface area (Å²) < 4.78 is 15.8. The third-order valence-electron chi connectivity index (χ3n) is 8.26. The van der Waals surface area contributed by atoms with Gasteiger partial charge in [0.1, 0.15) is 11.2 Å². The van der Waals surface area contributed by atoms with E-state index >= 15 is 4.39 Å². The number of anilines is 1. The molecule has 0 bridgehead atoms. The van der Waals surface area contributed by atoms with Gasteiger partial charge in [0.2, 0.25) is 11.8 Å². The number of rotatable bonds is 4. The normalized spacial score (nSPS) is 30.8. The number of aliphatic hydroxyl groups excluding tert-OH is 1. The molecule has 6 nitrogen and oxygen atoms in total. The van der Waals surface area contributed by atoms with Gasteiger partial charge in [-0.15, -0.1) is 0 Å². The topological polar surface area (TPSA) is 90.5 Å². The molecule has 2 aliphatic heterocycles. The summed E-state index contributed by atoms with van der Waals surface area (Å²) >= 11 is 12.5. The fraction of sp³-hybridized carbons (Fsp3) is 0.517. The van der Waals surface area contributed by atoms with Gasteiger partial charge < -0.3 is 21.1 Å². The van der Waals surface area contributed by atoms with Gasteiger partial charge >= 0.3 is 0 Å². The number of amides is 2. The maximum atomic E-state index is 15.8. The van der Waals surface area contributed by atoms with Crippen LogP contribution in [-0.4, -0.2) is 41.2 Å². The molecular weight excluding hydrogens is 528 g/mol. The second-order valence-corrected chi connectivity index (χ2v) is 13.0. The van der Waals surface area contributed by atoms with Crippen LogP contribution < -0.4 is 16.0 Å². The molecule has 2 heterocycles. The van der Waals surface area contributed by atoms with Crippen molar-refractivity contribution in [2.75, 3.05) is 5.32 Å². The minimum absolute atomic E-state index is 0.0629. The molecule has 2 aromatic rings. The number of carbonyl (C=O) groups excluding carboxylic acids is 2. The van der Waals surface area contributed by atoms with Crippen LogP contribution in [0.5, 0.6) is 0 Å². The fourth-order valence-corrected chi connectivity index (χ4v) is 7.02. The molecule has 4 atom stereocenters. The Morgan fingerprint density at radius 3 is 2.55 bits per heavy atom. The third-order valence-corrected chi connectivity index (χ3v) is 8.79. The van der Waals surface area contributed by atoms with E-state index in [1.165, 1.54) is 6.07 Å². The summed E-state index contributed by atoms with van der Waals surface area (Å²) in [6.07, 6.45) is 2.75. The van der Waals surface area contributed by atoms with Crippen molar-refractivity contribution in [2.24, 2.45) is 5.41 Å². The van der Waals surface area contributed by atoms with E-state index in [1.807, 2.05) is 6.07 Å². The Labute approximate surface area is 232 Å². The minimum Gasteiger partial charge on any atom is -0.393 e. The summed E-state index contributed by atoms with van der Waals surface area (Å²) in [7, 11) is 0. The van der Waals surface area contributed by atoms with Crippen LogP contribution in [0.3, 0.4) is 0 Å².